The third-order valence-corrected chi connectivity index (χ3v) is 2.14. The van der Waals surface area contributed by atoms with E-state index in [-0.39, 0.29) is 0 Å². The van der Waals surface area contributed by atoms with Crippen LogP contribution in [-0.4, -0.2) is 13.4 Å². The molecule has 0 amide bonds. The van der Waals surface area contributed by atoms with Gasteiger partial charge in [0.1, 0.15) is 5.75 Å². The van der Waals surface area contributed by atoms with Crippen LogP contribution in [0.15, 0.2) is 12.1 Å². The van der Waals surface area contributed by atoms with Crippen LogP contribution in [0.25, 0.3) is 0 Å². The summed E-state index contributed by atoms with van der Waals surface area (Å²) in [5.74, 6) is 0.652. The normalized spacial score (nSPS) is 9.58. The lowest BCUT2D eigenvalue weighted by atomic mass is 10.1. The molecular weight excluding hydrogens is 176 g/mol. The molecule has 0 aliphatic heterocycles. The van der Waals surface area contributed by atoms with Gasteiger partial charge in [0.05, 0.1) is 12.1 Å². The van der Waals surface area contributed by atoms with Crippen molar-refractivity contribution in [2.75, 3.05) is 7.11 Å². The number of halogens is 1. The summed E-state index contributed by atoms with van der Waals surface area (Å²) in [5, 5.41) is 0.491. The minimum Gasteiger partial charge on any atom is -0.497 e. The van der Waals surface area contributed by atoms with Gasteiger partial charge in [0, 0.05) is 5.56 Å². The van der Waals surface area contributed by atoms with Crippen LogP contribution in [0.2, 0.25) is 5.02 Å². The summed E-state index contributed by atoms with van der Waals surface area (Å²) in [6, 6.07) is 3.40. The number of benzene rings is 1. The molecule has 0 spiro atoms. The van der Waals surface area contributed by atoms with Crippen LogP contribution < -0.4 is 4.74 Å². The van der Waals surface area contributed by atoms with Gasteiger partial charge in [0.2, 0.25) is 0 Å². The van der Waals surface area contributed by atoms with Gasteiger partial charge in [0.25, 0.3) is 0 Å². The summed E-state index contributed by atoms with van der Waals surface area (Å²) in [6.07, 6.45) is 0.720. The second-order valence-electron chi connectivity index (χ2n) is 2.47. The second kappa shape index (κ2) is 3.59. The van der Waals surface area contributed by atoms with Crippen LogP contribution in [0.5, 0.6) is 5.75 Å². The molecule has 64 valence electrons. The number of ether oxygens (including phenoxy) is 1. The maximum Gasteiger partial charge on any atom is 0.151 e. The van der Waals surface area contributed by atoms with E-state index in [2.05, 4.69) is 0 Å². The molecule has 0 N–H and O–H groups in total. The Morgan fingerprint density at radius 3 is 2.67 bits per heavy atom. The van der Waals surface area contributed by atoms with Crippen molar-refractivity contribution < 1.29 is 9.53 Å². The average Bonchev–Trinajstić information content (AvgIpc) is 2.09. The third kappa shape index (κ3) is 1.59. The molecule has 0 unspecified atom stereocenters. The fraction of sp³-hybridized carbons (Fsp3) is 0.222. The molecule has 0 radical (unpaired) electrons. The van der Waals surface area contributed by atoms with Gasteiger partial charge in [-0.05, 0) is 24.6 Å². The largest absolute Gasteiger partial charge is 0.497 e. The third-order valence-electron chi connectivity index (χ3n) is 1.62. The molecule has 1 rings (SSSR count). The van der Waals surface area contributed by atoms with Gasteiger partial charge in [-0.1, -0.05) is 11.6 Å². The molecule has 0 aromatic heterocycles. The lowest BCUT2D eigenvalue weighted by Gasteiger charge is -2.04. The van der Waals surface area contributed by atoms with Crippen LogP contribution in [0.3, 0.4) is 0 Å². The number of methoxy groups -OCH3 is 1. The summed E-state index contributed by atoms with van der Waals surface area (Å²) in [7, 11) is 1.55. The van der Waals surface area contributed by atoms with Gasteiger partial charge < -0.3 is 4.74 Å². The number of aldehydes is 1. The molecule has 0 atom stereocenters. The zero-order valence-electron chi connectivity index (χ0n) is 6.93. The Hall–Kier alpha value is -1.02. The summed E-state index contributed by atoms with van der Waals surface area (Å²) in [4.78, 5) is 10.5. The zero-order chi connectivity index (χ0) is 9.14. The Morgan fingerprint density at radius 2 is 2.17 bits per heavy atom. The number of aryl methyl sites for hydroxylation is 1. The molecule has 3 heteroatoms. The molecule has 0 aliphatic rings. The molecule has 2 nitrogen and oxygen atoms in total. The minimum atomic E-state index is 0.466. The molecule has 1 aromatic carbocycles. The molecular formula is C9H9ClO2. The second-order valence-corrected chi connectivity index (χ2v) is 2.84. The molecule has 0 saturated heterocycles. The highest BCUT2D eigenvalue weighted by atomic mass is 35.5. The van der Waals surface area contributed by atoms with Crippen LogP contribution in [0.4, 0.5) is 0 Å². The smallest absolute Gasteiger partial charge is 0.151 e. The van der Waals surface area contributed by atoms with E-state index in [0.29, 0.717) is 16.3 Å². The fourth-order valence-corrected chi connectivity index (χ4v) is 1.12. The fourth-order valence-electron chi connectivity index (χ4n) is 0.966. The lowest BCUT2D eigenvalue weighted by molar-refractivity contribution is 0.112. The van der Waals surface area contributed by atoms with Crippen molar-refractivity contribution in [2.24, 2.45) is 0 Å². The lowest BCUT2D eigenvalue weighted by Crippen LogP contribution is -1.89. The van der Waals surface area contributed by atoms with Gasteiger partial charge in [-0.15, -0.1) is 0 Å². The van der Waals surface area contributed by atoms with E-state index >= 15 is 0 Å². The Morgan fingerprint density at radius 1 is 1.50 bits per heavy atom. The number of hydrogen-bond donors (Lipinski definition) is 0. The van der Waals surface area contributed by atoms with Crippen LogP contribution >= 0.6 is 11.6 Å². The van der Waals surface area contributed by atoms with E-state index in [0.717, 1.165) is 11.8 Å². The molecule has 0 aliphatic carbocycles. The minimum absolute atomic E-state index is 0.466. The number of rotatable bonds is 2. The van der Waals surface area contributed by atoms with E-state index in [1.54, 1.807) is 19.2 Å². The standard InChI is InChI=1S/C9H9ClO2/c1-6-3-8(12-2)4-7(5-11)9(6)10/h3-5H,1-2H3. The van der Waals surface area contributed by atoms with Crippen molar-refractivity contribution in [3.8, 4) is 5.75 Å². The monoisotopic (exact) mass is 184 g/mol. The number of hydrogen-bond acceptors (Lipinski definition) is 2. The molecule has 0 fully saturated rings. The first kappa shape index (κ1) is 9.07. The van der Waals surface area contributed by atoms with Gasteiger partial charge >= 0.3 is 0 Å². The van der Waals surface area contributed by atoms with Gasteiger partial charge in [-0.25, -0.2) is 0 Å². The van der Waals surface area contributed by atoms with Gasteiger partial charge in [0.15, 0.2) is 6.29 Å². The van der Waals surface area contributed by atoms with Crippen molar-refractivity contribution in [1.29, 1.82) is 0 Å². The summed E-state index contributed by atoms with van der Waals surface area (Å²) < 4.78 is 4.97. The zero-order valence-corrected chi connectivity index (χ0v) is 7.68. The first-order valence-corrected chi connectivity index (χ1v) is 3.86. The van der Waals surface area contributed by atoms with E-state index in [1.165, 1.54) is 0 Å². The topological polar surface area (TPSA) is 26.3 Å². The summed E-state index contributed by atoms with van der Waals surface area (Å²) in [6.45, 7) is 1.83. The highest BCUT2D eigenvalue weighted by Crippen LogP contribution is 2.24. The highest BCUT2D eigenvalue weighted by Gasteiger charge is 2.04. The van der Waals surface area contributed by atoms with Crippen LogP contribution in [0, 0.1) is 6.92 Å². The first-order chi connectivity index (χ1) is 5.69. The maximum absolute atomic E-state index is 10.5. The van der Waals surface area contributed by atoms with Crippen molar-refractivity contribution in [2.45, 2.75) is 6.92 Å². The molecule has 0 bridgehead atoms. The van der Waals surface area contributed by atoms with E-state index < -0.39 is 0 Å². The average molecular weight is 185 g/mol. The van der Waals surface area contributed by atoms with Gasteiger partial charge in [-0.2, -0.15) is 0 Å². The van der Waals surface area contributed by atoms with E-state index in [1.807, 2.05) is 6.92 Å². The Bertz CT molecular complexity index is 308. The maximum atomic E-state index is 10.5. The molecule has 1 aromatic rings. The SMILES string of the molecule is COc1cc(C)c(Cl)c(C=O)c1. The number of carbonyl (C=O) groups excluding carboxylic acids is 1. The van der Waals surface area contributed by atoms with Crippen molar-refractivity contribution in [1.82, 2.24) is 0 Å². The summed E-state index contributed by atoms with van der Waals surface area (Å²) >= 11 is 5.84. The number of carbonyl (C=O) groups is 1. The predicted molar refractivity (Wildman–Crippen MR) is 48.1 cm³/mol. The Kier molecular flexibility index (Phi) is 2.71. The highest BCUT2D eigenvalue weighted by molar-refractivity contribution is 6.33. The van der Waals surface area contributed by atoms with Crippen molar-refractivity contribution in [3.63, 3.8) is 0 Å². The summed E-state index contributed by atoms with van der Waals surface area (Å²) in [5.41, 5.74) is 1.31. The first-order valence-electron chi connectivity index (χ1n) is 3.48. The Labute approximate surface area is 76.1 Å². The van der Waals surface area contributed by atoms with E-state index in [9.17, 15) is 4.79 Å². The predicted octanol–water partition coefficient (Wildman–Crippen LogP) is 2.47. The Balaban J connectivity index is 3.28. The van der Waals surface area contributed by atoms with Crippen molar-refractivity contribution in [3.05, 3.63) is 28.3 Å². The van der Waals surface area contributed by atoms with E-state index in [4.69, 9.17) is 16.3 Å². The quantitative estimate of drug-likeness (QED) is 0.660. The van der Waals surface area contributed by atoms with Crippen LogP contribution in [0.1, 0.15) is 15.9 Å². The molecule has 12 heavy (non-hydrogen) atoms. The molecule has 0 heterocycles. The van der Waals surface area contributed by atoms with Crippen molar-refractivity contribution >= 4 is 17.9 Å². The van der Waals surface area contributed by atoms with Crippen LogP contribution in [-0.2, 0) is 0 Å². The molecule has 0 saturated carbocycles. The van der Waals surface area contributed by atoms with Gasteiger partial charge in [-0.3, -0.25) is 4.79 Å².